The lowest BCUT2D eigenvalue weighted by Gasteiger charge is -2.53. The van der Waals surface area contributed by atoms with Gasteiger partial charge in [-0.25, -0.2) is 0 Å². The normalized spacial score (nSPS) is 45.6. The first-order chi connectivity index (χ1) is 11.0. The predicted molar refractivity (Wildman–Crippen MR) is 87.6 cm³/mol. The molecule has 4 aliphatic rings. The van der Waals surface area contributed by atoms with Crippen LogP contribution in [0, 0.1) is 29.1 Å². The number of hydrogen-bond acceptors (Lipinski definition) is 3. The maximum atomic E-state index is 11.7. The van der Waals surface area contributed by atoms with Crippen LogP contribution in [0.3, 0.4) is 0 Å². The lowest BCUT2D eigenvalue weighted by Crippen LogP contribution is -2.48. The van der Waals surface area contributed by atoms with Crippen LogP contribution in [0.25, 0.3) is 0 Å². The molecular formula is C20H28O3. The maximum absolute atomic E-state index is 11.7. The highest BCUT2D eigenvalue weighted by molar-refractivity contribution is 5.91. The van der Waals surface area contributed by atoms with Gasteiger partial charge in [0.2, 0.25) is 0 Å². The molecule has 0 aromatic carbocycles. The van der Waals surface area contributed by atoms with Gasteiger partial charge in [0.15, 0.2) is 5.78 Å². The Bertz CT molecular complexity index is 563. The van der Waals surface area contributed by atoms with Crippen LogP contribution in [0.5, 0.6) is 0 Å². The van der Waals surface area contributed by atoms with E-state index >= 15 is 0 Å². The smallest absolute Gasteiger partial charge is 0.302 e. The molecule has 6 atom stereocenters. The van der Waals surface area contributed by atoms with Crippen molar-refractivity contribution in [1.29, 1.82) is 0 Å². The Labute approximate surface area is 138 Å². The zero-order valence-electron chi connectivity index (χ0n) is 14.3. The van der Waals surface area contributed by atoms with Gasteiger partial charge in [-0.2, -0.15) is 0 Å². The highest BCUT2D eigenvalue weighted by atomic mass is 16.5. The summed E-state index contributed by atoms with van der Waals surface area (Å²) in [5, 5.41) is 0. The van der Waals surface area contributed by atoms with Crippen molar-refractivity contribution in [2.45, 2.75) is 71.3 Å². The van der Waals surface area contributed by atoms with Crippen molar-refractivity contribution < 1.29 is 14.3 Å². The summed E-state index contributed by atoms with van der Waals surface area (Å²) in [6.45, 7) is 3.91. The molecule has 3 nitrogen and oxygen atoms in total. The second-order valence-electron chi connectivity index (χ2n) is 8.52. The number of allylic oxidation sites excluding steroid dienone is 1. The van der Waals surface area contributed by atoms with Crippen LogP contribution in [-0.4, -0.2) is 17.9 Å². The molecule has 0 radical (unpaired) electrons. The van der Waals surface area contributed by atoms with E-state index in [1.165, 1.54) is 31.3 Å². The molecule has 23 heavy (non-hydrogen) atoms. The third-order valence-corrected chi connectivity index (χ3v) is 7.52. The number of fused-ring (bicyclic) bond motifs is 5. The predicted octanol–water partition coefficient (Wildman–Crippen LogP) is 4.06. The molecule has 0 aromatic heterocycles. The van der Waals surface area contributed by atoms with Crippen LogP contribution in [0.1, 0.15) is 65.2 Å². The van der Waals surface area contributed by atoms with Crippen LogP contribution < -0.4 is 0 Å². The molecule has 0 amide bonds. The van der Waals surface area contributed by atoms with E-state index in [0.717, 1.165) is 37.5 Å². The lowest BCUT2D eigenvalue weighted by atomic mass is 9.52. The van der Waals surface area contributed by atoms with E-state index in [0.29, 0.717) is 17.6 Å². The van der Waals surface area contributed by atoms with Crippen molar-refractivity contribution in [3.63, 3.8) is 0 Å². The van der Waals surface area contributed by atoms with Gasteiger partial charge in [-0.3, -0.25) is 9.59 Å². The first-order valence-corrected chi connectivity index (χ1v) is 9.39. The monoisotopic (exact) mass is 316 g/mol. The summed E-state index contributed by atoms with van der Waals surface area (Å²) >= 11 is 0. The largest absolute Gasteiger partial charge is 0.462 e. The summed E-state index contributed by atoms with van der Waals surface area (Å²) < 4.78 is 5.69. The topological polar surface area (TPSA) is 43.4 Å². The number of ether oxygens (including phenoxy) is 1. The number of esters is 1. The Hall–Kier alpha value is -1.12. The fourth-order valence-electron chi connectivity index (χ4n) is 6.53. The Morgan fingerprint density at radius 3 is 2.74 bits per heavy atom. The average molecular weight is 316 g/mol. The van der Waals surface area contributed by atoms with Gasteiger partial charge in [-0.1, -0.05) is 12.5 Å². The van der Waals surface area contributed by atoms with Crippen molar-refractivity contribution >= 4 is 11.8 Å². The zero-order valence-corrected chi connectivity index (χ0v) is 14.3. The van der Waals surface area contributed by atoms with E-state index in [-0.39, 0.29) is 17.5 Å². The molecule has 4 rings (SSSR count). The first kappa shape index (κ1) is 15.4. The number of hydrogen-bond donors (Lipinski definition) is 0. The highest BCUT2D eigenvalue weighted by Crippen LogP contribution is 2.62. The van der Waals surface area contributed by atoms with Crippen LogP contribution >= 0.6 is 0 Å². The van der Waals surface area contributed by atoms with E-state index in [4.69, 9.17) is 4.74 Å². The van der Waals surface area contributed by atoms with Crippen LogP contribution in [0.2, 0.25) is 0 Å². The third kappa shape index (κ3) is 2.38. The number of carbonyl (C=O) groups is 2. The van der Waals surface area contributed by atoms with E-state index in [9.17, 15) is 9.59 Å². The van der Waals surface area contributed by atoms with Gasteiger partial charge in [-0.05, 0) is 74.7 Å². The van der Waals surface area contributed by atoms with Crippen LogP contribution in [-0.2, 0) is 14.3 Å². The van der Waals surface area contributed by atoms with Crippen molar-refractivity contribution in [3.8, 4) is 0 Å². The Morgan fingerprint density at radius 2 is 1.96 bits per heavy atom. The molecule has 0 N–H and O–H groups in total. The zero-order chi connectivity index (χ0) is 16.2. The van der Waals surface area contributed by atoms with E-state index in [2.05, 4.69) is 6.92 Å². The van der Waals surface area contributed by atoms with Crippen molar-refractivity contribution in [1.82, 2.24) is 0 Å². The SMILES string of the molecule is CC(=O)O[C@@H]1CC[C@@H]2[C@@H]3CCC4=CC(=O)CC[C@@H]4[C@@H]3CC[C@]21C. The Morgan fingerprint density at radius 1 is 1.13 bits per heavy atom. The van der Waals surface area contributed by atoms with Crippen molar-refractivity contribution in [2.24, 2.45) is 29.1 Å². The molecule has 3 fully saturated rings. The molecule has 3 heteroatoms. The van der Waals surface area contributed by atoms with E-state index in [1.54, 1.807) is 6.92 Å². The molecular weight excluding hydrogens is 288 g/mol. The first-order valence-electron chi connectivity index (χ1n) is 9.39. The van der Waals surface area contributed by atoms with E-state index < -0.39 is 0 Å². The van der Waals surface area contributed by atoms with Gasteiger partial charge in [0.05, 0.1) is 0 Å². The molecule has 0 heterocycles. The number of ketones is 1. The average Bonchev–Trinajstić information content (AvgIpc) is 2.83. The molecule has 4 aliphatic carbocycles. The fraction of sp³-hybridized carbons (Fsp3) is 0.800. The lowest BCUT2D eigenvalue weighted by molar-refractivity contribution is -0.156. The summed E-state index contributed by atoms with van der Waals surface area (Å²) in [4.78, 5) is 23.2. The number of rotatable bonds is 1. The Kier molecular flexibility index (Phi) is 3.66. The molecule has 0 saturated heterocycles. The van der Waals surface area contributed by atoms with Gasteiger partial charge >= 0.3 is 5.97 Å². The van der Waals surface area contributed by atoms with E-state index in [1.807, 2.05) is 6.08 Å². The second-order valence-corrected chi connectivity index (χ2v) is 8.52. The maximum Gasteiger partial charge on any atom is 0.302 e. The minimum Gasteiger partial charge on any atom is -0.462 e. The molecule has 0 aromatic rings. The van der Waals surface area contributed by atoms with Crippen LogP contribution in [0.15, 0.2) is 11.6 Å². The van der Waals surface area contributed by atoms with Gasteiger partial charge < -0.3 is 4.74 Å². The summed E-state index contributed by atoms with van der Waals surface area (Å²) in [7, 11) is 0. The van der Waals surface area contributed by atoms with Crippen LogP contribution in [0.4, 0.5) is 0 Å². The molecule has 0 unspecified atom stereocenters. The highest BCUT2D eigenvalue weighted by Gasteiger charge is 2.57. The summed E-state index contributed by atoms with van der Waals surface area (Å²) in [5.74, 6) is 3.10. The van der Waals surface area contributed by atoms with Gasteiger partial charge in [-0.15, -0.1) is 0 Å². The quantitative estimate of drug-likeness (QED) is 0.685. The van der Waals surface area contributed by atoms with Crippen molar-refractivity contribution in [3.05, 3.63) is 11.6 Å². The minimum absolute atomic E-state index is 0.121. The molecule has 0 aliphatic heterocycles. The molecule has 126 valence electrons. The standard InChI is InChI=1S/C20H28O3/c1-12(21)23-19-8-7-18-17-5-3-13-11-14(22)4-6-15(13)16(17)9-10-20(18,19)2/h11,15-19H,3-10H2,1-2H3/t15-,16-,17+,18+,19+,20+/m0/s1. The Balaban J connectivity index is 1.57. The van der Waals surface area contributed by atoms with Gasteiger partial charge in [0, 0.05) is 18.8 Å². The fourth-order valence-corrected chi connectivity index (χ4v) is 6.53. The summed E-state index contributed by atoms with van der Waals surface area (Å²) in [5.41, 5.74) is 1.62. The van der Waals surface area contributed by atoms with Gasteiger partial charge in [0.1, 0.15) is 6.10 Å². The molecule has 3 saturated carbocycles. The molecule has 0 spiro atoms. The summed E-state index contributed by atoms with van der Waals surface area (Å²) in [6, 6.07) is 0. The minimum atomic E-state index is -0.126. The second kappa shape index (κ2) is 5.46. The third-order valence-electron chi connectivity index (χ3n) is 7.52. The summed E-state index contributed by atoms with van der Waals surface area (Å²) in [6.07, 6.45) is 10.9. The van der Waals surface area contributed by atoms with Gasteiger partial charge in [0.25, 0.3) is 0 Å². The molecule has 0 bridgehead atoms. The van der Waals surface area contributed by atoms with Crippen molar-refractivity contribution in [2.75, 3.05) is 0 Å². The number of carbonyl (C=O) groups excluding carboxylic acids is 2.